The lowest BCUT2D eigenvalue weighted by Gasteiger charge is -2.27. The Kier molecular flexibility index (Phi) is 5.51. The first kappa shape index (κ1) is 21.1. The molecule has 0 radical (unpaired) electrons. The first-order chi connectivity index (χ1) is 16.0. The van der Waals surface area contributed by atoms with E-state index in [1.54, 1.807) is 35.2 Å². The van der Waals surface area contributed by atoms with Gasteiger partial charge in [-0.25, -0.2) is 8.42 Å². The van der Waals surface area contributed by atoms with E-state index in [0.29, 0.717) is 35.8 Å². The average molecular weight is 463 g/mol. The quantitative estimate of drug-likeness (QED) is 0.616. The summed E-state index contributed by atoms with van der Waals surface area (Å²) in [6.45, 7) is 1.16. The largest absolute Gasteiger partial charge is 0.454 e. The van der Waals surface area contributed by atoms with Crippen molar-refractivity contribution in [1.82, 2.24) is 4.90 Å². The molecule has 33 heavy (non-hydrogen) atoms. The van der Waals surface area contributed by atoms with Gasteiger partial charge in [0.1, 0.15) is 0 Å². The molecule has 0 aromatic heterocycles. The Morgan fingerprint density at radius 2 is 1.73 bits per heavy atom. The summed E-state index contributed by atoms with van der Waals surface area (Å²) < 4.78 is 39.0. The number of amides is 1. The van der Waals surface area contributed by atoms with Crippen LogP contribution in [0.4, 0.5) is 5.69 Å². The van der Waals surface area contributed by atoms with E-state index in [1.165, 1.54) is 17.7 Å². The smallest absolute Gasteiger partial charge is 0.261 e. The summed E-state index contributed by atoms with van der Waals surface area (Å²) in [4.78, 5) is 14.8. The highest BCUT2D eigenvalue weighted by atomic mass is 32.2. The standard InChI is InChI=1S/C25H22N2O5S/c28-25(27-13-11-19(12-14-27)18-5-2-1-3-6-18)20-7-4-8-22(15-20)33(29,30)26-21-9-10-23-24(16-21)32-17-31-23/h1-11,15-16,26H,12-14,17H2. The van der Waals surface area contributed by atoms with Crippen LogP contribution in [0.5, 0.6) is 11.5 Å². The van der Waals surface area contributed by atoms with Gasteiger partial charge < -0.3 is 14.4 Å². The van der Waals surface area contributed by atoms with E-state index in [2.05, 4.69) is 22.9 Å². The Balaban J connectivity index is 1.31. The van der Waals surface area contributed by atoms with Gasteiger partial charge in [0.05, 0.1) is 10.6 Å². The molecule has 0 unspecified atom stereocenters. The van der Waals surface area contributed by atoms with Crippen LogP contribution in [0.25, 0.3) is 5.57 Å². The molecule has 0 aliphatic carbocycles. The van der Waals surface area contributed by atoms with E-state index < -0.39 is 10.0 Å². The summed E-state index contributed by atoms with van der Waals surface area (Å²) in [6, 6.07) is 21.0. The van der Waals surface area contributed by atoms with Crippen molar-refractivity contribution in [2.75, 3.05) is 24.6 Å². The Morgan fingerprint density at radius 1 is 0.909 bits per heavy atom. The molecule has 0 bridgehead atoms. The van der Waals surface area contributed by atoms with Crippen LogP contribution in [0.15, 0.2) is 83.8 Å². The number of hydrogen-bond acceptors (Lipinski definition) is 5. The summed E-state index contributed by atoms with van der Waals surface area (Å²) in [5, 5.41) is 0. The molecule has 168 valence electrons. The highest BCUT2D eigenvalue weighted by Crippen LogP contribution is 2.35. The third-order valence-electron chi connectivity index (χ3n) is 5.66. The normalized spacial score (nSPS) is 15.2. The van der Waals surface area contributed by atoms with Crippen LogP contribution in [0.1, 0.15) is 22.3 Å². The molecule has 5 rings (SSSR count). The molecule has 0 saturated carbocycles. The van der Waals surface area contributed by atoms with Crippen LogP contribution >= 0.6 is 0 Å². The van der Waals surface area contributed by atoms with Crippen LogP contribution in [-0.2, 0) is 10.0 Å². The average Bonchev–Trinajstić information content (AvgIpc) is 3.32. The van der Waals surface area contributed by atoms with E-state index >= 15 is 0 Å². The maximum absolute atomic E-state index is 13.1. The Labute approximate surface area is 192 Å². The topological polar surface area (TPSA) is 84.9 Å². The number of carbonyl (C=O) groups is 1. The molecule has 0 spiro atoms. The zero-order valence-corrected chi connectivity index (χ0v) is 18.5. The molecule has 2 aliphatic rings. The fourth-order valence-corrected chi connectivity index (χ4v) is 5.02. The highest BCUT2D eigenvalue weighted by molar-refractivity contribution is 7.92. The molecule has 3 aromatic rings. The van der Waals surface area contributed by atoms with Crippen LogP contribution in [0.2, 0.25) is 0 Å². The molecule has 2 heterocycles. The second-order valence-corrected chi connectivity index (χ2v) is 9.48. The molecule has 8 heteroatoms. The lowest BCUT2D eigenvalue weighted by Crippen LogP contribution is -2.34. The molecule has 1 amide bonds. The fourth-order valence-electron chi connectivity index (χ4n) is 3.92. The van der Waals surface area contributed by atoms with Gasteiger partial charge in [-0.3, -0.25) is 9.52 Å². The highest BCUT2D eigenvalue weighted by Gasteiger charge is 2.22. The summed E-state index contributed by atoms with van der Waals surface area (Å²) >= 11 is 0. The Morgan fingerprint density at radius 3 is 2.52 bits per heavy atom. The number of anilines is 1. The number of sulfonamides is 1. The molecule has 7 nitrogen and oxygen atoms in total. The van der Waals surface area contributed by atoms with E-state index in [4.69, 9.17) is 9.47 Å². The number of nitrogens with one attached hydrogen (secondary N) is 1. The molecule has 0 fully saturated rings. The first-order valence-electron chi connectivity index (χ1n) is 10.6. The van der Waals surface area contributed by atoms with Crippen molar-refractivity contribution in [2.24, 2.45) is 0 Å². The van der Waals surface area contributed by atoms with Crippen molar-refractivity contribution in [1.29, 1.82) is 0 Å². The van der Waals surface area contributed by atoms with Crippen molar-refractivity contribution < 1.29 is 22.7 Å². The maximum Gasteiger partial charge on any atom is 0.261 e. The van der Waals surface area contributed by atoms with Crippen molar-refractivity contribution in [2.45, 2.75) is 11.3 Å². The predicted octanol–water partition coefficient (Wildman–Crippen LogP) is 4.15. The number of fused-ring (bicyclic) bond motifs is 1. The lowest BCUT2D eigenvalue weighted by atomic mass is 9.99. The summed E-state index contributed by atoms with van der Waals surface area (Å²) in [5.74, 6) is 0.849. The van der Waals surface area contributed by atoms with Crippen molar-refractivity contribution in [3.63, 3.8) is 0 Å². The maximum atomic E-state index is 13.1. The van der Waals surface area contributed by atoms with Gasteiger partial charge in [0.15, 0.2) is 11.5 Å². The van der Waals surface area contributed by atoms with Gasteiger partial charge in [-0.1, -0.05) is 42.5 Å². The van der Waals surface area contributed by atoms with E-state index in [1.807, 2.05) is 18.2 Å². The van der Waals surface area contributed by atoms with Gasteiger partial charge in [0.2, 0.25) is 6.79 Å². The third kappa shape index (κ3) is 4.42. The van der Waals surface area contributed by atoms with Gasteiger partial charge in [0.25, 0.3) is 15.9 Å². The predicted molar refractivity (Wildman–Crippen MR) is 125 cm³/mol. The van der Waals surface area contributed by atoms with Crippen LogP contribution in [0.3, 0.4) is 0 Å². The number of carbonyl (C=O) groups excluding carboxylic acids is 1. The monoisotopic (exact) mass is 462 g/mol. The minimum Gasteiger partial charge on any atom is -0.454 e. The van der Waals surface area contributed by atoms with Crippen LogP contribution in [0, 0.1) is 0 Å². The lowest BCUT2D eigenvalue weighted by molar-refractivity contribution is 0.0772. The number of nitrogens with zero attached hydrogens (tertiary/aromatic N) is 1. The molecular formula is C25H22N2O5S. The van der Waals surface area contributed by atoms with E-state index in [-0.39, 0.29) is 17.6 Å². The molecule has 1 N–H and O–H groups in total. The molecule has 0 atom stereocenters. The van der Waals surface area contributed by atoms with Gasteiger partial charge in [-0.05, 0) is 47.9 Å². The second-order valence-electron chi connectivity index (χ2n) is 7.80. The summed E-state index contributed by atoms with van der Waals surface area (Å²) in [7, 11) is -3.89. The number of rotatable bonds is 5. The number of hydrogen-bond donors (Lipinski definition) is 1. The van der Waals surface area contributed by atoms with Crippen LogP contribution in [-0.4, -0.2) is 39.1 Å². The zero-order valence-electron chi connectivity index (χ0n) is 17.7. The summed E-state index contributed by atoms with van der Waals surface area (Å²) in [6.07, 6.45) is 2.80. The van der Waals surface area contributed by atoms with E-state index in [0.717, 1.165) is 12.0 Å². The fraction of sp³-hybridized carbons (Fsp3) is 0.160. The molecule has 3 aromatic carbocycles. The zero-order chi connectivity index (χ0) is 22.8. The van der Waals surface area contributed by atoms with Gasteiger partial charge in [0, 0.05) is 24.7 Å². The van der Waals surface area contributed by atoms with Crippen LogP contribution < -0.4 is 14.2 Å². The Hall–Kier alpha value is -3.78. The van der Waals surface area contributed by atoms with Crippen molar-refractivity contribution in [3.05, 3.63) is 90.0 Å². The summed E-state index contributed by atoms with van der Waals surface area (Å²) in [5.41, 5.74) is 3.06. The minimum absolute atomic E-state index is 0.0172. The minimum atomic E-state index is -3.89. The first-order valence-corrected chi connectivity index (χ1v) is 12.0. The number of ether oxygens (including phenoxy) is 2. The van der Waals surface area contributed by atoms with Crippen molar-refractivity contribution >= 4 is 27.2 Å². The number of benzene rings is 3. The van der Waals surface area contributed by atoms with Gasteiger partial charge in [-0.2, -0.15) is 0 Å². The van der Waals surface area contributed by atoms with Gasteiger partial charge in [-0.15, -0.1) is 0 Å². The second kappa shape index (κ2) is 8.63. The third-order valence-corrected chi connectivity index (χ3v) is 7.04. The molecule has 2 aliphatic heterocycles. The molecular weight excluding hydrogens is 440 g/mol. The van der Waals surface area contributed by atoms with Crippen molar-refractivity contribution in [3.8, 4) is 11.5 Å². The Bertz CT molecular complexity index is 1340. The van der Waals surface area contributed by atoms with Gasteiger partial charge >= 0.3 is 0 Å². The SMILES string of the molecule is O=C(c1cccc(S(=O)(=O)Nc2ccc3c(c2)OCO3)c1)N1CC=C(c2ccccc2)CC1. The molecule has 0 saturated heterocycles. The van der Waals surface area contributed by atoms with E-state index in [9.17, 15) is 13.2 Å².